The van der Waals surface area contributed by atoms with E-state index < -0.39 is 0 Å². The van der Waals surface area contributed by atoms with Gasteiger partial charge in [-0.1, -0.05) is 17.7 Å². The fourth-order valence-corrected chi connectivity index (χ4v) is 4.93. The Morgan fingerprint density at radius 1 is 1.09 bits per heavy atom. The van der Waals surface area contributed by atoms with E-state index in [2.05, 4.69) is 22.9 Å². The minimum atomic E-state index is 0.0215. The molecule has 116 valence electrons. The fourth-order valence-electron chi connectivity index (χ4n) is 3.05. The predicted molar refractivity (Wildman–Crippen MR) is 96.7 cm³/mol. The van der Waals surface area contributed by atoms with E-state index in [4.69, 9.17) is 11.6 Å². The maximum Gasteiger partial charge on any atom is 0.254 e. The lowest BCUT2D eigenvalue weighted by atomic mass is 9.97. The Morgan fingerprint density at radius 3 is 2.65 bits per heavy atom. The molecule has 0 spiro atoms. The first-order chi connectivity index (χ1) is 11.2. The van der Waals surface area contributed by atoms with Crippen LogP contribution >= 0.6 is 34.3 Å². The number of carbonyl (C=O) groups excluding carboxylic acids is 1. The lowest BCUT2D eigenvalue weighted by molar-refractivity contribution is 0.0699. The number of hydrogen-bond acceptors (Lipinski definition) is 3. The van der Waals surface area contributed by atoms with Crippen molar-refractivity contribution in [2.75, 3.05) is 6.54 Å². The molecule has 4 rings (SSSR count). The van der Waals surface area contributed by atoms with Gasteiger partial charge in [-0.25, -0.2) is 0 Å². The molecule has 1 aliphatic heterocycles. The summed E-state index contributed by atoms with van der Waals surface area (Å²) in [6, 6.07) is 13.5. The van der Waals surface area contributed by atoms with Crippen molar-refractivity contribution >= 4 is 40.2 Å². The summed E-state index contributed by atoms with van der Waals surface area (Å²) in [5, 5.41) is 4.85. The second kappa shape index (κ2) is 6.11. The van der Waals surface area contributed by atoms with Crippen LogP contribution in [-0.4, -0.2) is 17.4 Å². The molecule has 0 fully saturated rings. The van der Waals surface area contributed by atoms with Crippen LogP contribution in [0.25, 0.3) is 0 Å². The smallest absolute Gasteiger partial charge is 0.254 e. The van der Waals surface area contributed by atoms with Crippen molar-refractivity contribution < 1.29 is 4.79 Å². The average Bonchev–Trinajstić information content (AvgIpc) is 3.25. The first-order valence-electron chi connectivity index (χ1n) is 7.40. The van der Waals surface area contributed by atoms with Crippen molar-refractivity contribution in [3.05, 3.63) is 79.1 Å². The molecule has 1 amide bonds. The molecular formula is C18H14ClNOS2. The molecule has 0 radical (unpaired) electrons. The van der Waals surface area contributed by atoms with E-state index >= 15 is 0 Å². The van der Waals surface area contributed by atoms with Crippen LogP contribution in [0.1, 0.15) is 31.7 Å². The van der Waals surface area contributed by atoms with E-state index in [1.165, 1.54) is 15.3 Å². The van der Waals surface area contributed by atoms with Crippen molar-refractivity contribution in [1.29, 1.82) is 0 Å². The average molecular weight is 360 g/mol. The van der Waals surface area contributed by atoms with Crippen molar-refractivity contribution in [2.45, 2.75) is 12.5 Å². The topological polar surface area (TPSA) is 20.3 Å². The number of thiophene rings is 2. The minimum absolute atomic E-state index is 0.0215. The third kappa shape index (κ3) is 2.71. The molecule has 0 saturated carbocycles. The SMILES string of the molecule is O=C(c1ccc(Cl)cc1)N1CCc2sccc2[C@@H]1c1cccs1. The highest BCUT2D eigenvalue weighted by Crippen LogP contribution is 2.40. The van der Waals surface area contributed by atoms with Crippen LogP contribution < -0.4 is 0 Å². The van der Waals surface area contributed by atoms with Gasteiger partial charge in [0.1, 0.15) is 0 Å². The van der Waals surface area contributed by atoms with Gasteiger partial charge in [-0.2, -0.15) is 0 Å². The van der Waals surface area contributed by atoms with Gasteiger partial charge in [0.15, 0.2) is 0 Å². The third-order valence-corrected chi connectivity index (χ3v) is 6.30. The Bertz CT molecular complexity index is 823. The van der Waals surface area contributed by atoms with Gasteiger partial charge in [-0.15, -0.1) is 22.7 Å². The van der Waals surface area contributed by atoms with E-state index in [0.717, 1.165) is 13.0 Å². The Balaban J connectivity index is 1.75. The zero-order valence-electron chi connectivity index (χ0n) is 12.2. The second-order valence-corrected chi connectivity index (χ2v) is 7.89. The van der Waals surface area contributed by atoms with Gasteiger partial charge in [0.2, 0.25) is 0 Å². The van der Waals surface area contributed by atoms with Crippen LogP contribution in [0.3, 0.4) is 0 Å². The molecule has 0 bridgehead atoms. The van der Waals surface area contributed by atoms with E-state index in [1.807, 2.05) is 11.0 Å². The first-order valence-corrected chi connectivity index (χ1v) is 9.54. The number of amides is 1. The number of carbonyl (C=O) groups is 1. The van der Waals surface area contributed by atoms with Crippen LogP contribution in [0.2, 0.25) is 5.02 Å². The molecule has 0 N–H and O–H groups in total. The standard InChI is InChI=1S/C18H14ClNOS2/c19-13-5-3-12(4-6-13)18(21)20-9-7-15-14(8-11-23-15)17(20)16-2-1-10-22-16/h1-6,8,10-11,17H,7,9H2/t17-/m1/s1. The van der Waals surface area contributed by atoms with Crippen LogP contribution in [0.5, 0.6) is 0 Å². The Labute approximate surface area is 148 Å². The summed E-state index contributed by atoms with van der Waals surface area (Å²) in [5.41, 5.74) is 1.96. The van der Waals surface area contributed by atoms with E-state index in [9.17, 15) is 4.79 Å². The van der Waals surface area contributed by atoms with E-state index in [-0.39, 0.29) is 11.9 Å². The summed E-state index contributed by atoms with van der Waals surface area (Å²) in [7, 11) is 0. The first kappa shape index (κ1) is 14.9. The highest BCUT2D eigenvalue weighted by molar-refractivity contribution is 7.10. The zero-order valence-corrected chi connectivity index (χ0v) is 14.6. The van der Waals surface area contributed by atoms with Crippen LogP contribution in [0.4, 0.5) is 0 Å². The monoisotopic (exact) mass is 359 g/mol. The van der Waals surface area contributed by atoms with Gasteiger partial charge < -0.3 is 4.90 Å². The molecule has 1 atom stereocenters. The summed E-state index contributed by atoms with van der Waals surface area (Å²) >= 11 is 9.43. The second-order valence-electron chi connectivity index (χ2n) is 5.47. The Hall–Kier alpha value is -1.62. The number of halogens is 1. The number of benzene rings is 1. The lowest BCUT2D eigenvalue weighted by Gasteiger charge is -2.35. The highest BCUT2D eigenvalue weighted by atomic mass is 35.5. The van der Waals surface area contributed by atoms with E-state index in [1.54, 1.807) is 46.9 Å². The summed E-state index contributed by atoms with van der Waals surface area (Å²) in [6.07, 6.45) is 0.925. The van der Waals surface area contributed by atoms with Gasteiger partial charge >= 0.3 is 0 Å². The van der Waals surface area contributed by atoms with Crippen LogP contribution in [-0.2, 0) is 6.42 Å². The number of fused-ring (bicyclic) bond motifs is 1. The molecule has 1 aliphatic rings. The van der Waals surface area contributed by atoms with Gasteiger partial charge in [-0.05, 0) is 59.1 Å². The van der Waals surface area contributed by atoms with Crippen LogP contribution in [0.15, 0.2) is 53.2 Å². The number of nitrogens with zero attached hydrogens (tertiary/aromatic N) is 1. The van der Waals surface area contributed by atoms with Crippen molar-refractivity contribution in [1.82, 2.24) is 4.90 Å². The quantitative estimate of drug-likeness (QED) is 0.611. The fraction of sp³-hybridized carbons (Fsp3) is 0.167. The largest absolute Gasteiger partial charge is 0.326 e. The van der Waals surface area contributed by atoms with Gasteiger partial charge in [0, 0.05) is 26.9 Å². The maximum atomic E-state index is 13.0. The molecule has 0 unspecified atom stereocenters. The summed E-state index contributed by atoms with van der Waals surface area (Å²) in [5.74, 6) is 0.0666. The Morgan fingerprint density at radius 2 is 1.91 bits per heavy atom. The molecule has 2 nitrogen and oxygen atoms in total. The molecule has 3 heterocycles. The molecule has 5 heteroatoms. The molecule has 0 saturated heterocycles. The normalized spacial score (nSPS) is 17.1. The molecular weight excluding hydrogens is 346 g/mol. The summed E-state index contributed by atoms with van der Waals surface area (Å²) < 4.78 is 0. The van der Waals surface area contributed by atoms with Gasteiger partial charge in [0.25, 0.3) is 5.91 Å². The van der Waals surface area contributed by atoms with Crippen molar-refractivity contribution in [3.8, 4) is 0 Å². The third-order valence-electron chi connectivity index (χ3n) is 4.13. The molecule has 1 aromatic carbocycles. The molecule has 2 aromatic heterocycles. The number of rotatable bonds is 2. The van der Waals surface area contributed by atoms with Gasteiger partial charge in [0.05, 0.1) is 6.04 Å². The Kier molecular flexibility index (Phi) is 3.97. The maximum absolute atomic E-state index is 13.0. The molecule has 0 aliphatic carbocycles. The van der Waals surface area contributed by atoms with E-state index in [0.29, 0.717) is 10.6 Å². The predicted octanol–water partition coefficient (Wildman–Crippen LogP) is 5.25. The van der Waals surface area contributed by atoms with Crippen molar-refractivity contribution in [2.24, 2.45) is 0 Å². The number of hydrogen-bond donors (Lipinski definition) is 0. The summed E-state index contributed by atoms with van der Waals surface area (Å²) in [6.45, 7) is 0.748. The minimum Gasteiger partial charge on any atom is -0.326 e. The van der Waals surface area contributed by atoms with Crippen LogP contribution in [0, 0.1) is 0 Å². The lowest BCUT2D eigenvalue weighted by Crippen LogP contribution is -2.39. The highest BCUT2D eigenvalue weighted by Gasteiger charge is 2.33. The molecule has 23 heavy (non-hydrogen) atoms. The molecule has 3 aromatic rings. The van der Waals surface area contributed by atoms with Gasteiger partial charge in [-0.3, -0.25) is 4.79 Å². The zero-order chi connectivity index (χ0) is 15.8. The summed E-state index contributed by atoms with van der Waals surface area (Å²) in [4.78, 5) is 17.6. The van der Waals surface area contributed by atoms with Crippen molar-refractivity contribution in [3.63, 3.8) is 0 Å².